The number of carbonyl (C=O) groups is 1. The van der Waals surface area contributed by atoms with Crippen molar-refractivity contribution in [3.63, 3.8) is 0 Å². The van der Waals surface area contributed by atoms with E-state index in [1.165, 1.54) is 0 Å². The van der Waals surface area contributed by atoms with Gasteiger partial charge in [-0.05, 0) is 38.2 Å². The molecule has 2 atom stereocenters. The Labute approximate surface area is 108 Å². The van der Waals surface area contributed by atoms with Crippen LogP contribution < -0.4 is 5.73 Å². The van der Waals surface area contributed by atoms with E-state index in [1.807, 2.05) is 18.1 Å². The monoisotopic (exact) mass is 260 g/mol. The van der Waals surface area contributed by atoms with Gasteiger partial charge in [-0.25, -0.2) is 0 Å². The third kappa shape index (κ3) is 4.85. The minimum Gasteiger partial charge on any atom is -0.377 e. The lowest BCUT2D eigenvalue weighted by Gasteiger charge is -2.34. The Morgan fingerprint density at radius 2 is 2.41 bits per heavy atom. The van der Waals surface area contributed by atoms with Crippen molar-refractivity contribution >= 4 is 17.7 Å². The Hall–Kier alpha value is -0.260. The summed E-state index contributed by atoms with van der Waals surface area (Å²) >= 11 is 1.73. The van der Waals surface area contributed by atoms with Crippen molar-refractivity contribution in [1.82, 2.24) is 4.90 Å². The zero-order valence-corrected chi connectivity index (χ0v) is 11.7. The van der Waals surface area contributed by atoms with Crippen LogP contribution in [0.25, 0.3) is 0 Å². The van der Waals surface area contributed by atoms with Crippen molar-refractivity contribution < 1.29 is 9.53 Å². The van der Waals surface area contributed by atoms with E-state index in [0.717, 1.165) is 31.6 Å². The van der Waals surface area contributed by atoms with Gasteiger partial charge in [-0.1, -0.05) is 0 Å². The summed E-state index contributed by atoms with van der Waals surface area (Å²) in [7, 11) is 0. The molecule has 0 aliphatic carbocycles. The first-order chi connectivity index (χ1) is 8.19. The number of amides is 1. The third-order valence-corrected chi connectivity index (χ3v) is 3.69. The Morgan fingerprint density at radius 3 is 3.06 bits per heavy atom. The molecule has 1 amide bonds. The molecule has 0 radical (unpaired) electrons. The van der Waals surface area contributed by atoms with E-state index in [2.05, 4.69) is 0 Å². The van der Waals surface area contributed by atoms with Crippen LogP contribution in [0, 0.1) is 0 Å². The van der Waals surface area contributed by atoms with Crippen molar-refractivity contribution in [2.75, 3.05) is 31.7 Å². The molecule has 1 rings (SSSR count). The van der Waals surface area contributed by atoms with Crippen LogP contribution in [0.3, 0.4) is 0 Å². The fraction of sp³-hybridized carbons (Fsp3) is 0.917. The molecule has 0 spiro atoms. The Bertz CT molecular complexity index is 237. The molecule has 1 aliphatic heterocycles. The van der Waals surface area contributed by atoms with Gasteiger partial charge < -0.3 is 15.4 Å². The van der Waals surface area contributed by atoms with Gasteiger partial charge in [-0.2, -0.15) is 11.8 Å². The summed E-state index contributed by atoms with van der Waals surface area (Å²) < 4.78 is 5.59. The first kappa shape index (κ1) is 14.8. The lowest BCUT2D eigenvalue weighted by Crippen LogP contribution is -2.50. The molecule has 17 heavy (non-hydrogen) atoms. The summed E-state index contributed by atoms with van der Waals surface area (Å²) in [4.78, 5) is 14.0. The number of piperidine rings is 1. The largest absolute Gasteiger partial charge is 0.377 e. The van der Waals surface area contributed by atoms with Crippen LogP contribution in [0.2, 0.25) is 0 Å². The van der Waals surface area contributed by atoms with Gasteiger partial charge in [-0.15, -0.1) is 0 Å². The first-order valence-electron chi connectivity index (χ1n) is 6.34. The highest BCUT2D eigenvalue weighted by Crippen LogP contribution is 2.14. The molecule has 100 valence electrons. The zero-order chi connectivity index (χ0) is 12.7. The van der Waals surface area contributed by atoms with Gasteiger partial charge in [0.15, 0.2) is 0 Å². The normalized spacial score (nSPS) is 22.5. The van der Waals surface area contributed by atoms with Crippen LogP contribution in [-0.4, -0.2) is 54.7 Å². The Morgan fingerprint density at radius 1 is 1.65 bits per heavy atom. The van der Waals surface area contributed by atoms with Gasteiger partial charge in [0.05, 0.1) is 12.1 Å². The maximum atomic E-state index is 12.1. The van der Waals surface area contributed by atoms with E-state index in [9.17, 15) is 4.79 Å². The molecule has 1 unspecified atom stereocenters. The van der Waals surface area contributed by atoms with Crippen molar-refractivity contribution in [2.24, 2.45) is 5.73 Å². The Kier molecular flexibility index (Phi) is 6.92. The van der Waals surface area contributed by atoms with E-state index in [4.69, 9.17) is 10.5 Å². The molecule has 0 aromatic carbocycles. The highest BCUT2D eigenvalue weighted by molar-refractivity contribution is 7.98. The number of hydrogen-bond donors (Lipinski definition) is 1. The maximum Gasteiger partial charge on any atom is 0.239 e. The fourth-order valence-corrected chi connectivity index (χ4v) is 2.60. The lowest BCUT2D eigenvalue weighted by atomic mass is 10.1. The maximum absolute atomic E-state index is 12.1. The third-order valence-electron chi connectivity index (χ3n) is 3.04. The quantitative estimate of drug-likeness (QED) is 0.777. The van der Waals surface area contributed by atoms with E-state index in [-0.39, 0.29) is 18.1 Å². The average Bonchev–Trinajstić information content (AvgIpc) is 2.35. The molecular weight excluding hydrogens is 236 g/mol. The van der Waals surface area contributed by atoms with Crippen LogP contribution in [-0.2, 0) is 9.53 Å². The lowest BCUT2D eigenvalue weighted by molar-refractivity contribution is -0.136. The molecular formula is C12H24N2O2S. The van der Waals surface area contributed by atoms with Gasteiger partial charge in [0.1, 0.15) is 0 Å². The SMILES string of the molecule is CCOC1CCCN(C(=O)[C@H](N)CCSC)C1. The standard InChI is InChI=1S/C12H24N2O2S/c1-3-16-10-5-4-7-14(9-10)12(15)11(13)6-8-17-2/h10-11H,3-9,13H2,1-2H3/t10?,11-/m1/s1. The summed E-state index contributed by atoms with van der Waals surface area (Å²) in [6, 6.07) is -0.345. The van der Waals surface area contributed by atoms with Crippen LogP contribution in [0.15, 0.2) is 0 Å². The number of likely N-dealkylation sites (tertiary alicyclic amines) is 1. The molecule has 2 N–H and O–H groups in total. The van der Waals surface area contributed by atoms with Gasteiger partial charge >= 0.3 is 0 Å². The van der Waals surface area contributed by atoms with Gasteiger partial charge in [0, 0.05) is 19.7 Å². The second-order valence-corrected chi connectivity index (χ2v) is 5.38. The summed E-state index contributed by atoms with van der Waals surface area (Å²) in [6.07, 6.45) is 5.06. The van der Waals surface area contributed by atoms with E-state index < -0.39 is 0 Å². The smallest absolute Gasteiger partial charge is 0.239 e. The van der Waals surface area contributed by atoms with Crippen LogP contribution in [0.5, 0.6) is 0 Å². The van der Waals surface area contributed by atoms with Crippen molar-refractivity contribution in [3.8, 4) is 0 Å². The number of nitrogens with two attached hydrogens (primary N) is 1. The molecule has 1 aliphatic rings. The summed E-state index contributed by atoms with van der Waals surface area (Å²) in [5.41, 5.74) is 5.91. The fourth-order valence-electron chi connectivity index (χ4n) is 2.11. The molecule has 0 aromatic rings. The van der Waals surface area contributed by atoms with Crippen LogP contribution in [0.4, 0.5) is 0 Å². The van der Waals surface area contributed by atoms with Gasteiger partial charge in [0.25, 0.3) is 0 Å². The minimum absolute atomic E-state index is 0.0865. The molecule has 4 nitrogen and oxygen atoms in total. The van der Waals surface area contributed by atoms with Crippen molar-refractivity contribution in [3.05, 3.63) is 0 Å². The number of rotatable bonds is 6. The molecule has 0 aromatic heterocycles. The number of carbonyl (C=O) groups excluding carboxylic acids is 1. The summed E-state index contributed by atoms with van der Waals surface area (Å²) in [5, 5.41) is 0. The van der Waals surface area contributed by atoms with E-state index >= 15 is 0 Å². The van der Waals surface area contributed by atoms with Crippen LogP contribution in [0.1, 0.15) is 26.2 Å². The number of ether oxygens (including phenoxy) is 1. The van der Waals surface area contributed by atoms with E-state index in [1.54, 1.807) is 11.8 Å². The number of hydrogen-bond acceptors (Lipinski definition) is 4. The van der Waals surface area contributed by atoms with E-state index in [0.29, 0.717) is 13.2 Å². The second-order valence-electron chi connectivity index (χ2n) is 4.39. The highest BCUT2D eigenvalue weighted by Gasteiger charge is 2.26. The number of thioether (sulfide) groups is 1. The first-order valence-corrected chi connectivity index (χ1v) is 7.73. The summed E-state index contributed by atoms with van der Waals surface area (Å²) in [6.45, 7) is 4.24. The molecule has 5 heteroatoms. The second kappa shape index (κ2) is 7.95. The van der Waals surface area contributed by atoms with Crippen LogP contribution >= 0.6 is 11.8 Å². The van der Waals surface area contributed by atoms with Gasteiger partial charge in [0.2, 0.25) is 5.91 Å². The topological polar surface area (TPSA) is 55.6 Å². The molecule has 1 saturated heterocycles. The van der Waals surface area contributed by atoms with Crippen molar-refractivity contribution in [2.45, 2.75) is 38.3 Å². The molecule has 1 heterocycles. The van der Waals surface area contributed by atoms with Crippen molar-refractivity contribution in [1.29, 1.82) is 0 Å². The minimum atomic E-state index is -0.345. The van der Waals surface area contributed by atoms with Gasteiger partial charge in [-0.3, -0.25) is 4.79 Å². The number of nitrogens with zero attached hydrogens (tertiary/aromatic N) is 1. The summed E-state index contributed by atoms with van der Waals surface area (Å²) in [5.74, 6) is 1.03. The molecule has 0 bridgehead atoms. The predicted molar refractivity (Wildman–Crippen MR) is 72.2 cm³/mol. The predicted octanol–water partition coefficient (Wildman–Crippen LogP) is 1.09. The zero-order valence-electron chi connectivity index (χ0n) is 10.9. The molecule has 0 saturated carbocycles. The Balaban J connectivity index is 2.39. The molecule has 1 fully saturated rings. The average molecular weight is 260 g/mol. The highest BCUT2D eigenvalue weighted by atomic mass is 32.2.